The van der Waals surface area contributed by atoms with E-state index in [0.717, 1.165) is 0 Å². The third-order valence-electron chi connectivity index (χ3n) is 2.24. The highest BCUT2D eigenvalue weighted by Gasteiger charge is 2.31. The highest BCUT2D eigenvalue weighted by atomic mass is 79.9. The van der Waals surface area contributed by atoms with Crippen molar-refractivity contribution in [3.8, 4) is 5.75 Å². The van der Waals surface area contributed by atoms with Crippen LogP contribution in [0, 0.1) is 0 Å². The zero-order valence-electron chi connectivity index (χ0n) is 9.91. The van der Waals surface area contributed by atoms with E-state index < -0.39 is 6.36 Å². The zero-order valence-corrected chi connectivity index (χ0v) is 12.3. The van der Waals surface area contributed by atoms with Crippen LogP contribution < -0.4 is 10.5 Å². The van der Waals surface area contributed by atoms with Crippen LogP contribution >= 0.6 is 28.3 Å². The number of nitrogens with two attached hydrogens (primary N) is 1. The van der Waals surface area contributed by atoms with Gasteiger partial charge >= 0.3 is 6.36 Å². The molecule has 0 unspecified atom stereocenters. The van der Waals surface area contributed by atoms with Gasteiger partial charge in [0.2, 0.25) is 0 Å². The molecule has 2 nitrogen and oxygen atoms in total. The summed E-state index contributed by atoms with van der Waals surface area (Å²) in [5.74, 6) is -0.277. The van der Waals surface area contributed by atoms with E-state index in [9.17, 15) is 13.2 Å². The maximum atomic E-state index is 12.1. The maximum absolute atomic E-state index is 12.1. The van der Waals surface area contributed by atoms with Gasteiger partial charge in [-0.25, -0.2) is 0 Å². The summed E-state index contributed by atoms with van der Waals surface area (Å²) in [7, 11) is 0. The van der Waals surface area contributed by atoms with E-state index in [0.29, 0.717) is 22.9 Å². The molecule has 0 aliphatic rings. The molecule has 19 heavy (non-hydrogen) atoms. The Morgan fingerprint density at radius 2 is 2.00 bits per heavy atom. The number of ether oxygens (including phenoxy) is 1. The predicted molar refractivity (Wildman–Crippen MR) is 74.4 cm³/mol. The van der Waals surface area contributed by atoms with Gasteiger partial charge in [0.25, 0.3) is 0 Å². The first-order valence-electron chi connectivity index (χ1n) is 5.24. The summed E-state index contributed by atoms with van der Waals surface area (Å²) in [4.78, 5) is 0. The van der Waals surface area contributed by atoms with Gasteiger partial charge < -0.3 is 10.5 Å². The van der Waals surface area contributed by atoms with E-state index in [1.165, 1.54) is 12.1 Å². The fourth-order valence-corrected chi connectivity index (χ4v) is 1.95. The molecule has 0 amide bonds. The summed E-state index contributed by atoms with van der Waals surface area (Å²) in [5, 5.41) is 0. The Morgan fingerprint density at radius 3 is 2.53 bits per heavy atom. The number of hydrogen-bond donors (Lipinski definition) is 1. The van der Waals surface area contributed by atoms with Crippen molar-refractivity contribution in [2.45, 2.75) is 25.2 Å². The van der Waals surface area contributed by atoms with E-state index in [4.69, 9.17) is 5.73 Å². The summed E-state index contributed by atoms with van der Waals surface area (Å²) in [6.45, 7) is 3.57. The molecule has 1 atom stereocenters. The third-order valence-corrected chi connectivity index (χ3v) is 2.69. The molecular weight excluding hydrogens is 346 g/mol. The molecule has 1 aromatic carbocycles. The van der Waals surface area contributed by atoms with E-state index in [2.05, 4.69) is 27.2 Å². The highest BCUT2D eigenvalue weighted by Crippen LogP contribution is 2.30. The van der Waals surface area contributed by atoms with Crippen molar-refractivity contribution in [2.75, 3.05) is 0 Å². The normalized spacial score (nSPS) is 12.5. The molecule has 0 bridgehead atoms. The van der Waals surface area contributed by atoms with Crippen LogP contribution in [-0.4, -0.2) is 6.36 Å². The number of alkyl halides is 3. The van der Waals surface area contributed by atoms with Crippen LogP contribution in [0.5, 0.6) is 5.75 Å². The van der Waals surface area contributed by atoms with Gasteiger partial charge in [0.05, 0.1) is 0 Å². The summed E-state index contributed by atoms with van der Waals surface area (Å²) < 4.78 is 40.7. The molecule has 0 saturated heterocycles. The fraction of sp³-hybridized carbons (Fsp3) is 0.333. The topological polar surface area (TPSA) is 35.2 Å². The standard InChI is InChI=1S/C12H13BrF3NO.ClH/c1-2-3-4-11(17)8-5-9(13)7-10(6-8)18-12(14,15)16;/h2,5-7,11H,1,3-4,17H2;1H/t11-;/m0./s1. The number of benzene rings is 1. The van der Waals surface area contributed by atoms with Crippen molar-refractivity contribution in [3.05, 3.63) is 40.9 Å². The molecule has 1 rings (SSSR count). The van der Waals surface area contributed by atoms with E-state index >= 15 is 0 Å². The predicted octanol–water partition coefficient (Wildman–Crippen LogP) is 4.74. The van der Waals surface area contributed by atoms with Crippen LogP contribution in [0.4, 0.5) is 13.2 Å². The van der Waals surface area contributed by atoms with Crippen molar-refractivity contribution in [3.63, 3.8) is 0 Å². The molecule has 1 aromatic rings. The Morgan fingerprint density at radius 1 is 1.37 bits per heavy atom. The number of halogens is 5. The average molecular weight is 361 g/mol. The average Bonchev–Trinajstić information content (AvgIpc) is 2.22. The first kappa shape index (κ1) is 18.3. The van der Waals surface area contributed by atoms with Crippen LogP contribution in [-0.2, 0) is 0 Å². The lowest BCUT2D eigenvalue weighted by Gasteiger charge is -2.14. The Hall–Kier alpha value is -0.720. The summed E-state index contributed by atoms with van der Waals surface area (Å²) >= 11 is 3.13. The minimum atomic E-state index is -4.71. The van der Waals surface area contributed by atoms with Crippen molar-refractivity contribution >= 4 is 28.3 Å². The molecule has 0 fully saturated rings. The molecule has 0 saturated carbocycles. The number of allylic oxidation sites excluding steroid dienone is 1. The van der Waals surface area contributed by atoms with Gasteiger partial charge in [-0.3, -0.25) is 0 Å². The molecule has 0 radical (unpaired) electrons. The van der Waals surface area contributed by atoms with E-state index in [-0.39, 0.29) is 24.2 Å². The smallest absolute Gasteiger partial charge is 0.406 e. The van der Waals surface area contributed by atoms with Gasteiger partial charge in [-0.1, -0.05) is 22.0 Å². The monoisotopic (exact) mass is 359 g/mol. The molecule has 0 aliphatic carbocycles. The van der Waals surface area contributed by atoms with Gasteiger partial charge in [-0.05, 0) is 36.6 Å². The first-order chi connectivity index (χ1) is 8.31. The Kier molecular flexibility index (Phi) is 7.47. The first-order valence-corrected chi connectivity index (χ1v) is 6.04. The second kappa shape index (κ2) is 7.77. The number of hydrogen-bond acceptors (Lipinski definition) is 2. The summed E-state index contributed by atoms with van der Waals surface area (Å²) in [6.07, 6.45) is -1.68. The molecule has 2 N–H and O–H groups in total. The molecular formula is C12H14BrClF3NO. The molecule has 108 valence electrons. The van der Waals surface area contributed by atoms with Crippen molar-refractivity contribution in [2.24, 2.45) is 5.73 Å². The number of rotatable bonds is 5. The van der Waals surface area contributed by atoms with Crippen molar-refractivity contribution < 1.29 is 17.9 Å². The minimum Gasteiger partial charge on any atom is -0.406 e. The molecule has 0 heterocycles. The van der Waals surface area contributed by atoms with Crippen LogP contribution in [0.1, 0.15) is 24.4 Å². The van der Waals surface area contributed by atoms with Gasteiger partial charge in [0.15, 0.2) is 0 Å². The lowest BCUT2D eigenvalue weighted by molar-refractivity contribution is -0.274. The quantitative estimate of drug-likeness (QED) is 0.770. The van der Waals surface area contributed by atoms with E-state index in [1.807, 2.05) is 0 Å². The molecule has 0 spiro atoms. The second-order valence-corrected chi connectivity index (χ2v) is 4.66. The lowest BCUT2D eigenvalue weighted by Crippen LogP contribution is -2.18. The zero-order chi connectivity index (χ0) is 13.8. The summed E-state index contributed by atoms with van der Waals surface area (Å²) in [6, 6.07) is 3.87. The maximum Gasteiger partial charge on any atom is 0.573 e. The van der Waals surface area contributed by atoms with Gasteiger partial charge in [0.1, 0.15) is 5.75 Å². The largest absolute Gasteiger partial charge is 0.573 e. The van der Waals surface area contributed by atoms with Crippen LogP contribution in [0.15, 0.2) is 35.3 Å². The molecule has 0 aromatic heterocycles. The SMILES string of the molecule is C=CCC[C@H](N)c1cc(Br)cc(OC(F)(F)F)c1.Cl. The van der Waals surface area contributed by atoms with E-state index in [1.54, 1.807) is 12.1 Å². The Balaban J connectivity index is 0.00000324. The van der Waals surface area contributed by atoms with Gasteiger partial charge in [-0.2, -0.15) is 0 Å². The molecule has 7 heteroatoms. The lowest BCUT2D eigenvalue weighted by atomic mass is 10.0. The van der Waals surface area contributed by atoms with Gasteiger partial charge in [-0.15, -0.1) is 32.2 Å². The van der Waals surface area contributed by atoms with Gasteiger partial charge in [0, 0.05) is 10.5 Å². The third kappa shape index (κ3) is 6.84. The molecule has 0 aliphatic heterocycles. The minimum absolute atomic E-state index is 0. The fourth-order valence-electron chi connectivity index (χ4n) is 1.46. The Bertz CT molecular complexity index is 426. The summed E-state index contributed by atoms with van der Waals surface area (Å²) in [5.41, 5.74) is 6.47. The second-order valence-electron chi connectivity index (χ2n) is 3.74. The Labute approximate surface area is 124 Å². The highest BCUT2D eigenvalue weighted by molar-refractivity contribution is 9.10. The van der Waals surface area contributed by atoms with Crippen molar-refractivity contribution in [1.82, 2.24) is 0 Å². The van der Waals surface area contributed by atoms with Crippen LogP contribution in [0.2, 0.25) is 0 Å². The van der Waals surface area contributed by atoms with Crippen LogP contribution in [0.3, 0.4) is 0 Å². The van der Waals surface area contributed by atoms with Crippen molar-refractivity contribution in [1.29, 1.82) is 0 Å². The van der Waals surface area contributed by atoms with Crippen LogP contribution in [0.25, 0.3) is 0 Å².